The van der Waals surface area contributed by atoms with Gasteiger partial charge in [0.05, 0.1) is 32.4 Å². The summed E-state index contributed by atoms with van der Waals surface area (Å²) in [5, 5.41) is -0.138. The Morgan fingerprint density at radius 3 is 2.33 bits per heavy atom. The fraction of sp³-hybridized carbons (Fsp3) is 0.400. The number of carbonyl (C=O) groups is 1. The predicted octanol–water partition coefficient (Wildman–Crippen LogP) is 7.76. The molecule has 1 saturated heterocycles. The first kappa shape index (κ1) is 38.9. The zero-order valence-electron chi connectivity index (χ0n) is 29.1. The molecule has 0 bridgehead atoms. The molecule has 1 aliphatic heterocycles. The van der Waals surface area contributed by atoms with Crippen molar-refractivity contribution in [3.63, 3.8) is 0 Å². The number of rotatable bonds is 12. The molecule has 3 aromatic carbocycles. The molecule has 4 aromatic rings. The Hall–Kier alpha value is -4.28. The number of hydrogen-bond donors (Lipinski definition) is 0. The van der Waals surface area contributed by atoms with Crippen LogP contribution >= 0.6 is 23.1 Å². The number of halogens is 4. The van der Waals surface area contributed by atoms with Gasteiger partial charge < -0.3 is 23.8 Å². The molecule has 1 amide bonds. The van der Waals surface area contributed by atoms with Gasteiger partial charge in [-0.3, -0.25) is 0 Å². The number of hydrogen-bond acceptors (Lipinski definition) is 10. The topological polar surface area (TPSA) is 120 Å². The number of methoxy groups -OCH3 is 2. The lowest BCUT2D eigenvalue weighted by Crippen LogP contribution is -2.47. The minimum absolute atomic E-state index is 0.0539. The van der Waals surface area contributed by atoms with Crippen molar-refractivity contribution < 1.29 is 45.3 Å². The maximum absolute atomic E-state index is 15.7. The summed E-state index contributed by atoms with van der Waals surface area (Å²) in [4.78, 5) is 17.4. The van der Waals surface area contributed by atoms with Gasteiger partial charge in [0.2, 0.25) is 5.13 Å². The van der Waals surface area contributed by atoms with Crippen LogP contribution in [-0.2, 0) is 26.7 Å². The number of piperidine rings is 1. The highest BCUT2D eigenvalue weighted by Gasteiger charge is 2.39. The summed E-state index contributed by atoms with van der Waals surface area (Å²) in [5.41, 5.74) is -0.394. The largest absolute Gasteiger partial charge is 0.497 e. The van der Waals surface area contributed by atoms with Crippen molar-refractivity contribution in [3.8, 4) is 17.2 Å². The second-order valence-corrected chi connectivity index (χ2v) is 16.1. The second-order valence-electron chi connectivity index (χ2n) is 13.1. The van der Waals surface area contributed by atoms with Gasteiger partial charge in [0.25, 0.3) is 10.0 Å². The van der Waals surface area contributed by atoms with Crippen LogP contribution < -0.4 is 18.5 Å². The fourth-order valence-electron chi connectivity index (χ4n) is 5.92. The highest BCUT2D eigenvalue weighted by molar-refractivity contribution is 7.93. The van der Waals surface area contributed by atoms with Gasteiger partial charge in [0.1, 0.15) is 40.0 Å². The van der Waals surface area contributed by atoms with E-state index in [0.717, 1.165) is 22.2 Å². The van der Waals surface area contributed by atoms with Gasteiger partial charge in [-0.2, -0.15) is 4.37 Å². The highest BCUT2D eigenvalue weighted by Crippen LogP contribution is 2.41. The van der Waals surface area contributed by atoms with E-state index in [0.29, 0.717) is 60.7 Å². The molecule has 0 unspecified atom stereocenters. The number of ether oxygens (including phenoxy) is 4. The van der Waals surface area contributed by atoms with Crippen molar-refractivity contribution in [3.05, 3.63) is 88.5 Å². The third-order valence-corrected chi connectivity index (χ3v) is 11.5. The summed E-state index contributed by atoms with van der Waals surface area (Å²) in [6.07, 6.45) is 1.69. The molecule has 0 atom stereocenters. The average molecular weight is 783 g/mol. The molecule has 0 saturated carbocycles. The minimum atomic E-state index is -4.75. The lowest BCUT2D eigenvalue weighted by Gasteiger charge is -2.42. The van der Waals surface area contributed by atoms with Crippen LogP contribution in [-0.4, -0.2) is 68.3 Å². The van der Waals surface area contributed by atoms with Crippen LogP contribution in [0.2, 0.25) is 5.02 Å². The number of carbonyl (C=O) groups excluding carboxylic acids is 1. The van der Waals surface area contributed by atoms with E-state index in [1.807, 2.05) is 0 Å². The molecule has 52 heavy (non-hydrogen) atoms. The summed E-state index contributed by atoms with van der Waals surface area (Å²) in [5.74, 6) is -2.74. The van der Waals surface area contributed by atoms with Crippen molar-refractivity contribution in [2.24, 2.45) is 0 Å². The predicted molar refractivity (Wildman–Crippen MR) is 189 cm³/mol. The number of benzene rings is 3. The van der Waals surface area contributed by atoms with Gasteiger partial charge in [-0.1, -0.05) is 17.7 Å². The van der Waals surface area contributed by atoms with Crippen LogP contribution in [0.1, 0.15) is 51.2 Å². The standard InChI is InChI=1S/C35H38ClF3N4O7S2/c1-34(2,3)50-33(44)42-13-10-35(11-14-42,23-7-9-25(36)26(37)16-23)12-15-49-30-18-28(39)31(19-27(30)38)52(45,46)43(32-40-21-41-51-32)20-22-6-8-24(47-4)17-29(22)48-5/h6-9,16-19,21H,10-15,20H2,1-5H3. The second kappa shape index (κ2) is 15.8. The summed E-state index contributed by atoms with van der Waals surface area (Å²) in [6, 6.07) is 10.5. The maximum Gasteiger partial charge on any atom is 0.410 e. The molecule has 5 rings (SSSR count). The van der Waals surface area contributed by atoms with E-state index >= 15 is 8.78 Å². The van der Waals surface area contributed by atoms with Crippen LogP contribution in [0, 0.1) is 17.5 Å². The van der Waals surface area contributed by atoms with Crippen LogP contribution in [0.3, 0.4) is 0 Å². The summed E-state index contributed by atoms with van der Waals surface area (Å²) in [6.45, 7) is 5.41. The number of likely N-dealkylation sites (tertiary alicyclic amines) is 1. The fourth-order valence-corrected chi connectivity index (χ4v) is 8.22. The van der Waals surface area contributed by atoms with E-state index in [1.54, 1.807) is 49.9 Å². The normalized spacial score (nSPS) is 14.5. The first-order chi connectivity index (χ1) is 24.6. The first-order valence-corrected chi connectivity index (χ1v) is 18.7. The number of sulfonamides is 1. The number of amides is 1. The molecule has 0 N–H and O–H groups in total. The van der Waals surface area contributed by atoms with Gasteiger partial charge in [-0.15, -0.1) is 0 Å². The van der Waals surface area contributed by atoms with Crippen molar-refractivity contribution in [1.29, 1.82) is 0 Å². The average Bonchev–Trinajstić information content (AvgIpc) is 3.63. The molecule has 11 nitrogen and oxygen atoms in total. The third kappa shape index (κ3) is 8.67. The monoisotopic (exact) mass is 782 g/mol. The molecule has 2 heterocycles. The van der Waals surface area contributed by atoms with Crippen molar-refractivity contribution in [2.45, 2.75) is 62.5 Å². The Bertz CT molecular complexity index is 2010. The van der Waals surface area contributed by atoms with Gasteiger partial charge in [0, 0.05) is 53.8 Å². The van der Waals surface area contributed by atoms with Crippen LogP contribution in [0.25, 0.3) is 0 Å². The third-order valence-electron chi connectivity index (χ3n) is 8.67. The molecule has 1 aromatic heterocycles. The maximum atomic E-state index is 15.7. The molecule has 1 fully saturated rings. The van der Waals surface area contributed by atoms with E-state index in [-0.39, 0.29) is 29.7 Å². The molecular formula is C35H38ClF3N4O7S2. The Kier molecular flexibility index (Phi) is 11.8. The molecule has 0 spiro atoms. The summed E-state index contributed by atoms with van der Waals surface area (Å²) < 4.78 is 100. The molecule has 0 radical (unpaired) electrons. The van der Waals surface area contributed by atoms with Crippen molar-refractivity contribution in [1.82, 2.24) is 14.3 Å². The van der Waals surface area contributed by atoms with Crippen molar-refractivity contribution in [2.75, 3.05) is 38.2 Å². The summed E-state index contributed by atoms with van der Waals surface area (Å²) in [7, 11) is -1.89. The molecule has 17 heteroatoms. The highest BCUT2D eigenvalue weighted by atomic mass is 35.5. The molecule has 280 valence electrons. The quantitative estimate of drug-likeness (QED) is 0.142. The molecular weight excluding hydrogens is 745 g/mol. The van der Waals surface area contributed by atoms with E-state index in [4.69, 9.17) is 30.5 Å². The smallest absolute Gasteiger partial charge is 0.410 e. The first-order valence-electron chi connectivity index (χ1n) is 16.1. The van der Waals surface area contributed by atoms with Crippen LogP contribution in [0.5, 0.6) is 17.2 Å². The number of nitrogens with zero attached hydrogens (tertiary/aromatic N) is 4. The zero-order chi connectivity index (χ0) is 37.8. The van der Waals surface area contributed by atoms with E-state index in [2.05, 4.69) is 9.36 Å². The number of aromatic nitrogens is 2. The van der Waals surface area contributed by atoms with Gasteiger partial charge in [0.15, 0.2) is 11.6 Å². The van der Waals surface area contributed by atoms with E-state index in [1.165, 1.54) is 26.4 Å². The lowest BCUT2D eigenvalue weighted by atomic mass is 9.70. The van der Waals surface area contributed by atoms with Crippen LogP contribution in [0.4, 0.5) is 23.1 Å². The van der Waals surface area contributed by atoms with Crippen LogP contribution in [0.15, 0.2) is 59.8 Å². The SMILES string of the molecule is COc1ccc(CN(c2ncns2)S(=O)(=O)c2cc(F)c(OCCC3(c4ccc(Cl)c(F)c4)CCN(C(=O)OC(C)(C)C)CC3)cc2F)c(OC)c1. The Morgan fingerprint density at radius 2 is 1.71 bits per heavy atom. The van der Waals surface area contributed by atoms with E-state index in [9.17, 15) is 17.6 Å². The lowest BCUT2D eigenvalue weighted by molar-refractivity contribution is 0.0151. The number of anilines is 1. The molecule has 1 aliphatic rings. The van der Waals surface area contributed by atoms with Gasteiger partial charge >= 0.3 is 6.09 Å². The molecule has 0 aliphatic carbocycles. The Labute approximate surface area is 309 Å². The van der Waals surface area contributed by atoms with Crippen molar-refractivity contribution >= 4 is 44.4 Å². The van der Waals surface area contributed by atoms with E-state index < -0.39 is 55.2 Å². The zero-order valence-corrected chi connectivity index (χ0v) is 31.5. The Balaban J connectivity index is 1.37. The van der Waals surface area contributed by atoms with Gasteiger partial charge in [-0.05, 0) is 69.9 Å². The Morgan fingerprint density at radius 1 is 0.981 bits per heavy atom. The van der Waals surface area contributed by atoms with Gasteiger partial charge in [-0.25, -0.2) is 35.7 Å². The summed E-state index contributed by atoms with van der Waals surface area (Å²) >= 11 is 6.71. The minimum Gasteiger partial charge on any atom is -0.497 e.